The topological polar surface area (TPSA) is 55.3 Å². The van der Waals surface area contributed by atoms with Crippen molar-refractivity contribution in [1.29, 1.82) is 0 Å². The predicted molar refractivity (Wildman–Crippen MR) is 122 cm³/mol. The Balaban J connectivity index is 1.49. The minimum absolute atomic E-state index is 0.0594. The summed E-state index contributed by atoms with van der Waals surface area (Å²) in [6.45, 7) is 5.08. The fourth-order valence-corrected chi connectivity index (χ4v) is 4.62. The third-order valence-electron chi connectivity index (χ3n) is 6.30. The second kappa shape index (κ2) is 8.54. The lowest BCUT2D eigenvalue weighted by Crippen LogP contribution is -2.38. The smallest absolute Gasteiger partial charge is 0.178 e. The minimum atomic E-state index is -0.609. The zero-order valence-electron chi connectivity index (χ0n) is 18.7. The summed E-state index contributed by atoms with van der Waals surface area (Å²) in [7, 11) is 0. The molecule has 170 valence electrons. The lowest BCUT2D eigenvalue weighted by atomic mass is 9.89. The number of ketones is 1. The number of ether oxygens (including phenoxy) is 1. The van der Waals surface area contributed by atoms with Crippen LogP contribution in [0.2, 0.25) is 0 Å². The summed E-state index contributed by atoms with van der Waals surface area (Å²) >= 11 is 0. The molecule has 1 aliphatic carbocycles. The van der Waals surface area contributed by atoms with Gasteiger partial charge in [0.15, 0.2) is 17.4 Å². The number of hydrogen-bond acceptors (Lipinski definition) is 5. The maximum absolute atomic E-state index is 14.9. The van der Waals surface area contributed by atoms with Crippen LogP contribution in [0.15, 0.2) is 36.5 Å². The third kappa shape index (κ3) is 4.19. The highest BCUT2D eigenvalue weighted by molar-refractivity contribution is 5.83. The second-order valence-corrected chi connectivity index (χ2v) is 8.92. The molecule has 7 heteroatoms. The summed E-state index contributed by atoms with van der Waals surface area (Å²) in [4.78, 5) is 22.5. The van der Waals surface area contributed by atoms with E-state index in [4.69, 9.17) is 4.74 Å². The fraction of sp³-hybridized carbons (Fsp3) is 0.346. The molecule has 1 aliphatic heterocycles. The number of benzene rings is 2. The van der Waals surface area contributed by atoms with Gasteiger partial charge in [0, 0.05) is 30.9 Å². The monoisotopic (exact) mass is 449 g/mol. The van der Waals surface area contributed by atoms with Crippen LogP contribution in [0.1, 0.15) is 42.8 Å². The maximum atomic E-state index is 14.9. The summed E-state index contributed by atoms with van der Waals surface area (Å²) in [6.07, 6.45) is 3.33. The van der Waals surface area contributed by atoms with Gasteiger partial charge in [-0.15, -0.1) is 0 Å². The first-order valence-electron chi connectivity index (χ1n) is 11.3. The average Bonchev–Trinajstić information content (AvgIpc) is 2.79. The van der Waals surface area contributed by atoms with Crippen molar-refractivity contribution in [2.75, 3.05) is 18.1 Å². The number of nitrogens with zero attached hydrogens (tertiary/aromatic N) is 3. The number of rotatable bonds is 4. The van der Waals surface area contributed by atoms with Crippen molar-refractivity contribution < 1.29 is 18.3 Å². The van der Waals surface area contributed by atoms with Gasteiger partial charge >= 0.3 is 0 Å². The van der Waals surface area contributed by atoms with Crippen LogP contribution < -0.4 is 9.64 Å². The maximum Gasteiger partial charge on any atom is 0.178 e. The highest BCUT2D eigenvalue weighted by atomic mass is 19.1. The molecule has 0 amide bonds. The first-order valence-corrected chi connectivity index (χ1v) is 11.3. The van der Waals surface area contributed by atoms with Gasteiger partial charge in [-0.25, -0.2) is 18.7 Å². The van der Waals surface area contributed by atoms with E-state index in [0.717, 1.165) is 23.7 Å². The van der Waals surface area contributed by atoms with Crippen molar-refractivity contribution in [2.45, 2.75) is 45.6 Å². The second-order valence-electron chi connectivity index (χ2n) is 8.92. The molecule has 0 saturated carbocycles. The predicted octanol–water partition coefficient (Wildman–Crippen LogP) is 4.68. The number of Topliss-reactive ketones (excluding diaryl/α,β-unsaturated/α-hetero) is 1. The Hall–Kier alpha value is -3.35. The van der Waals surface area contributed by atoms with Crippen molar-refractivity contribution >= 4 is 11.5 Å². The van der Waals surface area contributed by atoms with E-state index in [0.29, 0.717) is 49.5 Å². The zero-order valence-corrected chi connectivity index (χ0v) is 18.7. The molecule has 0 fully saturated rings. The minimum Gasteiger partial charge on any atom is -0.486 e. The molecule has 0 bridgehead atoms. The highest BCUT2D eigenvalue weighted by Crippen LogP contribution is 2.39. The lowest BCUT2D eigenvalue weighted by molar-refractivity contribution is -0.118. The molecule has 0 unspecified atom stereocenters. The van der Waals surface area contributed by atoms with E-state index >= 15 is 0 Å². The fourth-order valence-electron chi connectivity index (χ4n) is 4.62. The number of halogens is 2. The van der Waals surface area contributed by atoms with Crippen LogP contribution in [0.25, 0.3) is 11.3 Å². The Labute approximate surface area is 191 Å². The molecule has 0 saturated heterocycles. The Morgan fingerprint density at radius 2 is 1.94 bits per heavy atom. The SMILES string of the molecule is CC(C)N1CCOc2c(F)cc(-c3nc(Cc4ccc5c(c4)CC(=O)CC5)ncc3F)cc21. The van der Waals surface area contributed by atoms with Crippen LogP contribution in [0, 0.1) is 11.6 Å². The van der Waals surface area contributed by atoms with Crippen molar-refractivity contribution in [2.24, 2.45) is 0 Å². The number of anilines is 1. The average molecular weight is 450 g/mol. The molecular formula is C26H25F2N3O2. The number of aromatic nitrogens is 2. The molecule has 3 aromatic rings. The van der Waals surface area contributed by atoms with Gasteiger partial charge in [0.25, 0.3) is 0 Å². The zero-order chi connectivity index (χ0) is 23.1. The summed E-state index contributed by atoms with van der Waals surface area (Å²) < 4.78 is 35.2. The van der Waals surface area contributed by atoms with Crippen LogP contribution in [0.3, 0.4) is 0 Å². The first kappa shape index (κ1) is 21.5. The Morgan fingerprint density at radius 3 is 2.76 bits per heavy atom. The van der Waals surface area contributed by atoms with Gasteiger partial charge in [0.1, 0.15) is 23.9 Å². The molecule has 2 aromatic carbocycles. The van der Waals surface area contributed by atoms with E-state index < -0.39 is 11.6 Å². The normalized spacial score (nSPS) is 15.3. The van der Waals surface area contributed by atoms with Crippen LogP contribution in [0.5, 0.6) is 5.75 Å². The Morgan fingerprint density at radius 1 is 1.09 bits per heavy atom. The van der Waals surface area contributed by atoms with Crippen molar-refractivity contribution in [3.63, 3.8) is 0 Å². The van der Waals surface area contributed by atoms with Gasteiger partial charge in [0.2, 0.25) is 0 Å². The van der Waals surface area contributed by atoms with Crippen LogP contribution in [-0.4, -0.2) is 34.9 Å². The number of carbonyl (C=O) groups excluding carboxylic acids is 1. The van der Waals surface area contributed by atoms with Gasteiger partial charge in [0.05, 0.1) is 18.4 Å². The molecule has 5 rings (SSSR count). The molecule has 0 atom stereocenters. The quantitative estimate of drug-likeness (QED) is 0.579. The molecule has 33 heavy (non-hydrogen) atoms. The van der Waals surface area contributed by atoms with E-state index in [-0.39, 0.29) is 23.3 Å². The number of hydrogen-bond donors (Lipinski definition) is 0. The van der Waals surface area contributed by atoms with Crippen molar-refractivity contribution in [1.82, 2.24) is 9.97 Å². The molecule has 0 radical (unpaired) electrons. The number of aryl methyl sites for hydroxylation is 1. The van der Waals surface area contributed by atoms with E-state index in [1.807, 2.05) is 36.9 Å². The van der Waals surface area contributed by atoms with Gasteiger partial charge in [-0.3, -0.25) is 4.79 Å². The molecular weight excluding hydrogens is 424 g/mol. The van der Waals surface area contributed by atoms with Gasteiger partial charge in [-0.1, -0.05) is 18.2 Å². The number of carbonyl (C=O) groups is 1. The van der Waals surface area contributed by atoms with Gasteiger partial charge in [-0.2, -0.15) is 0 Å². The Bertz CT molecular complexity index is 1240. The number of fused-ring (bicyclic) bond motifs is 2. The molecule has 2 heterocycles. The molecule has 0 N–H and O–H groups in total. The van der Waals surface area contributed by atoms with E-state index in [9.17, 15) is 13.6 Å². The lowest BCUT2D eigenvalue weighted by Gasteiger charge is -2.34. The molecule has 1 aromatic heterocycles. The van der Waals surface area contributed by atoms with Crippen molar-refractivity contribution in [3.05, 3.63) is 70.7 Å². The molecule has 5 nitrogen and oxygen atoms in total. The first-order chi connectivity index (χ1) is 15.9. The summed E-state index contributed by atoms with van der Waals surface area (Å²) in [5.74, 6) is -0.275. The highest BCUT2D eigenvalue weighted by Gasteiger charge is 2.26. The summed E-state index contributed by atoms with van der Waals surface area (Å²) in [6, 6.07) is 9.19. The van der Waals surface area contributed by atoms with Gasteiger partial charge < -0.3 is 9.64 Å². The van der Waals surface area contributed by atoms with E-state index in [1.54, 1.807) is 6.07 Å². The Kier molecular flexibility index (Phi) is 5.56. The largest absolute Gasteiger partial charge is 0.486 e. The third-order valence-corrected chi connectivity index (χ3v) is 6.30. The summed E-state index contributed by atoms with van der Waals surface area (Å²) in [5, 5.41) is 0. The standard InChI is InChI=1S/C26H25F2N3O2/c1-15(2)31-7-8-33-26-21(27)12-19(13-23(26)31)25-22(28)14-29-24(30-25)10-16-3-4-17-5-6-20(32)11-18(17)9-16/h3-4,9,12-15H,5-8,10-11H2,1-2H3. The van der Waals surface area contributed by atoms with E-state index in [1.165, 1.54) is 11.6 Å². The van der Waals surface area contributed by atoms with Crippen LogP contribution >= 0.6 is 0 Å². The van der Waals surface area contributed by atoms with E-state index in [2.05, 4.69) is 9.97 Å². The summed E-state index contributed by atoms with van der Waals surface area (Å²) in [5.41, 5.74) is 4.20. The van der Waals surface area contributed by atoms with Crippen molar-refractivity contribution in [3.8, 4) is 17.0 Å². The molecule has 0 spiro atoms. The van der Waals surface area contributed by atoms with Crippen LogP contribution in [0.4, 0.5) is 14.5 Å². The van der Waals surface area contributed by atoms with Crippen LogP contribution in [-0.2, 0) is 24.1 Å². The molecule has 2 aliphatic rings. The van der Waals surface area contributed by atoms with Gasteiger partial charge in [-0.05, 0) is 49.1 Å².